The van der Waals surface area contributed by atoms with E-state index in [0.717, 1.165) is 10.7 Å². The lowest BCUT2D eigenvalue weighted by atomic mass is 9.99. The van der Waals surface area contributed by atoms with Crippen LogP contribution in [-0.4, -0.2) is 35.5 Å². The average Bonchev–Trinajstić information content (AvgIpc) is 3.33. The van der Waals surface area contributed by atoms with Crippen LogP contribution in [0.5, 0.6) is 0 Å². The van der Waals surface area contributed by atoms with Gasteiger partial charge in [0.15, 0.2) is 23.9 Å². The van der Waals surface area contributed by atoms with Crippen LogP contribution in [0.15, 0.2) is 35.2 Å². The fourth-order valence-corrected chi connectivity index (χ4v) is 3.43. The second-order valence-electron chi connectivity index (χ2n) is 6.79. The highest BCUT2D eigenvalue weighted by Crippen LogP contribution is 2.39. The van der Waals surface area contributed by atoms with E-state index in [9.17, 15) is 13.8 Å². The Kier molecular flexibility index (Phi) is 5.26. The molecule has 0 atom stereocenters. The number of fused-ring (bicyclic) bond motifs is 1. The van der Waals surface area contributed by atoms with Crippen LogP contribution in [0.4, 0.5) is 15.9 Å². The van der Waals surface area contributed by atoms with Crippen LogP contribution in [0.2, 0.25) is 0 Å². The molecule has 0 saturated heterocycles. The highest BCUT2D eigenvalue weighted by atomic mass is 31.2. The molecular formula is C18H16FN6O6P. The molecule has 12 nitrogen and oxygen atoms in total. The fourth-order valence-electron chi connectivity index (χ4n) is 3.16. The number of carbonyl (C=O) groups is 1. The van der Waals surface area contributed by atoms with Crippen LogP contribution >= 0.6 is 7.82 Å². The zero-order valence-electron chi connectivity index (χ0n) is 16.4. The molecule has 14 heteroatoms. The smallest absolute Gasteiger partial charge is 0.398 e. The van der Waals surface area contributed by atoms with E-state index in [1.807, 2.05) is 0 Å². The summed E-state index contributed by atoms with van der Waals surface area (Å²) < 4.78 is 36.5. The molecule has 4 aromatic rings. The molecule has 0 saturated carbocycles. The van der Waals surface area contributed by atoms with E-state index in [-0.39, 0.29) is 45.1 Å². The number of nitrogens with two attached hydrogens (primary N) is 2. The van der Waals surface area contributed by atoms with Crippen LogP contribution in [0.25, 0.3) is 33.4 Å². The van der Waals surface area contributed by atoms with Gasteiger partial charge in [0.1, 0.15) is 5.82 Å². The van der Waals surface area contributed by atoms with Gasteiger partial charge in [-0.25, -0.2) is 13.6 Å². The number of carbonyl (C=O) groups excluding carboxylic acids is 1. The van der Waals surface area contributed by atoms with Crippen molar-refractivity contribution in [2.24, 2.45) is 0 Å². The minimum atomic E-state index is -4.68. The number of Topliss-reactive ketones (excluding diaryl/α,β-unsaturated/α-hetero) is 1. The standard InChI is InChI=1S/C18H16FN6O6P/c1-8(26)10-2-11(13(19)3-14(10)20)16-15-17(31-24-18(15)21)12(5-22-16)9-4-23-25(6-9)7-30-32(27,28)29/h2-6H,7,20H2,1H3,(H2,21,24)(H2,27,28,29). The molecule has 0 fully saturated rings. The molecule has 0 aliphatic rings. The molecule has 32 heavy (non-hydrogen) atoms. The van der Waals surface area contributed by atoms with Gasteiger partial charge >= 0.3 is 7.82 Å². The van der Waals surface area contributed by atoms with Gasteiger partial charge in [0.05, 0.1) is 17.3 Å². The van der Waals surface area contributed by atoms with E-state index in [2.05, 4.69) is 19.8 Å². The fraction of sp³-hybridized carbons (Fsp3) is 0.111. The molecule has 1 aromatic carbocycles. The molecule has 0 radical (unpaired) electrons. The van der Waals surface area contributed by atoms with Gasteiger partial charge in [0, 0.05) is 40.3 Å². The molecule has 3 aromatic heterocycles. The minimum absolute atomic E-state index is 0.00477. The van der Waals surface area contributed by atoms with Gasteiger partial charge in [-0.15, -0.1) is 0 Å². The number of rotatable bonds is 6. The van der Waals surface area contributed by atoms with Crippen molar-refractivity contribution in [3.63, 3.8) is 0 Å². The number of anilines is 2. The summed E-state index contributed by atoms with van der Waals surface area (Å²) in [7, 11) is -4.68. The Bertz CT molecular complexity index is 1410. The summed E-state index contributed by atoms with van der Waals surface area (Å²) >= 11 is 0. The van der Waals surface area contributed by atoms with E-state index in [1.165, 1.54) is 31.6 Å². The summed E-state index contributed by atoms with van der Waals surface area (Å²) in [6.07, 6.45) is 4.19. The van der Waals surface area contributed by atoms with E-state index in [4.69, 9.17) is 25.8 Å². The summed E-state index contributed by atoms with van der Waals surface area (Å²) in [6, 6.07) is 2.32. The van der Waals surface area contributed by atoms with Gasteiger partial charge in [-0.2, -0.15) is 5.10 Å². The summed E-state index contributed by atoms with van der Waals surface area (Å²) in [5.74, 6) is -1.11. The molecular weight excluding hydrogens is 446 g/mol. The highest BCUT2D eigenvalue weighted by molar-refractivity contribution is 7.46. The van der Waals surface area contributed by atoms with E-state index >= 15 is 0 Å². The second-order valence-corrected chi connectivity index (χ2v) is 8.02. The third kappa shape index (κ3) is 3.97. The largest absolute Gasteiger partial charge is 0.471 e. The number of hydrogen-bond donors (Lipinski definition) is 4. The van der Waals surface area contributed by atoms with Crippen LogP contribution in [0, 0.1) is 5.82 Å². The van der Waals surface area contributed by atoms with Gasteiger partial charge in [0.2, 0.25) is 0 Å². The predicted molar refractivity (Wildman–Crippen MR) is 110 cm³/mol. The maximum Gasteiger partial charge on any atom is 0.471 e. The van der Waals surface area contributed by atoms with Crippen LogP contribution < -0.4 is 11.5 Å². The van der Waals surface area contributed by atoms with Crippen molar-refractivity contribution in [3.05, 3.63) is 42.1 Å². The van der Waals surface area contributed by atoms with Gasteiger partial charge < -0.3 is 25.8 Å². The number of ketones is 1. The molecule has 0 unspecified atom stereocenters. The molecule has 6 N–H and O–H groups in total. The van der Waals surface area contributed by atoms with Crippen LogP contribution in [0.3, 0.4) is 0 Å². The van der Waals surface area contributed by atoms with E-state index < -0.39 is 20.4 Å². The highest BCUT2D eigenvalue weighted by Gasteiger charge is 2.23. The monoisotopic (exact) mass is 462 g/mol. The Balaban J connectivity index is 1.83. The predicted octanol–water partition coefficient (Wildman–Crippen LogP) is 2.33. The van der Waals surface area contributed by atoms with Crippen molar-refractivity contribution in [1.29, 1.82) is 0 Å². The van der Waals surface area contributed by atoms with Gasteiger partial charge in [-0.3, -0.25) is 14.3 Å². The summed E-state index contributed by atoms with van der Waals surface area (Å²) in [5, 5.41) is 7.91. The molecule has 4 rings (SSSR count). The van der Waals surface area contributed by atoms with Crippen LogP contribution in [-0.2, 0) is 15.8 Å². The first-order valence-electron chi connectivity index (χ1n) is 8.92. The van der Waals surface area contributed by atoms with Gasteiger partial charge in [-0.1, -0.05) is 5.16 Å². The molecule has 0 bridgehead atoms. The normalized spacial score (nSPS) is 11.9. The Morgan fingerprint density at radius 2 is 2.03 bits per heavy atom. The molecule has 0 aliphatic carbocycles. The first-order valence-corrected chi connectivity index (χ1v) is 10.5. The van der Waals surface area contributed by atoms with Gasteiger partial charge in [-0.05, 0) is 19.1 Å². The number of pyridine rings is 1. The van der Waals surface area contributed by atoms with Crippen molar-refractivity contribution in [2.75, 3.05) is 11.5 Å². The van der Waals surface area contributed by atoms with Crippen molar-refractivity contribution in [2.45, 2.75) is 13.7 Å². The Labute approximate surface area is 178 Å². The average molecular weight is 462 g/mol. The zero-order valence-corrected chi connectivity index (χ0v) is 17.3. The molecule has 0 spiro atoms. The number of hydrogen-bond acceptors (Lipinski definition) is 9. The molecule has 0 aliphatic heterocycles. The lowest BCUT2D eigenvalue weighted by Gasteiger charge is -2.10. The lowest BCUT2D eigenvalue weighted by molar-refractivity contribution is 0.101. The SMILES string of the molecule is CC(=O)c1cc(-c2ncc(-c3cnn(COP(=O)(O)O)c3)c3onc(N)c23)c(F)cc1N. The summed E-state index contributed by atoms with van der Waals surface area (Å²) in [5.41, 5.74) is 12.9. The minimum Gasteiger partial charge on any atom is -0.398 e. The zero-order chi connectivity index (χ0) is 23.2. The summed E-state index contributed by atoms with van der Waals surface area (Å²) in [6.45, 7) is 0.809. The van der Waals surface area contributed by atoms with Crippen molar-refractivity contribution < 1.29 is 32.6 Å². The van der Waals surface area contributed by atoms with E-state index in [0.29, 0.717) is 11.1 Å². The number of phosphoric ester groups is 1. The Hall–Kier alpha value is -3.64. The quantitative estimate of drug-likeness (QED) is 0.187. The second kappa shape index (κ2) is 7.80. The number of benzene rings is 1. The maximum absolute atomic E-state index is 14.7. The van der Waals surface area contributed by atoms with Gasteiger partial charge in [0.25, 0.3) is 0 Å². The third-order valence-electron chi connectivity index (χ3n) is 4.60. The first-order chi connectivity index (χ1) is 15.0. The maximum atomic E-state index is 14.7. The molecule has 166 valence electrons. The number of halogens is 1. The number of nitrogens with zero attached hydrogens (tertiary/aromatic N) is 4. The first kappa shape index (κ1) is 21.6. The van der Waals surface area contributed by atoms with E-state index in [1.54, 1.807) is 0 Å². The van der Waals surface area contributed by atoms with Crippen LogP contribution in [0.1, 0.15) is 17.3 Å². The molecule has 0 amide bonds. The van der Waals surface area contributed by atoms with Crippen molar-refractivity contribution in [1.82, 2.24) is 19.9 Å². The molecule has 3 heterocycles. The Morgan fingerprint density at radius 1 is 1.28 bits per heavy atom. The lowest BCUT2D eigenvalue weighted by Crippen LogP contribution is -2.03. The summed E-state index contributed by atoms with van der Waals surface area (Å²) in [4.78, 5) is 33.8. The third-order valence-corrected chi connectivity index (χ3v) is 5.05. The Morgan fingerprint density at radius 3 is 2.72 bits per heavy atom. The number of phosphoric acid groups is 1. The topological polar surface area (TPSA) is 193 Å². The van der Waals surface area contributed by atoms with Crippen molar-refractivity contribution in [3.8, 4) is 22.4 Å². The van der Waals surface area contributed by atoms with Crippen molar-refractivity contribution >= 4 is 36.1 Å². The number of nitrogen functional groups attached to an aromatic ring is 2. The number of aromatic nitrogens is 4.